The molecule has 0 aliphatic carbocycles. The van der Waals surface area contributed by atoms with Gasteiger partial charge in [-0.15, -0.1) is 0 Å². The van der Waals surface area contributed by atoms with E-state index < -0.39 is 28.0 Å². The standard InChI is InChI=1S/C12H15NO6S/c1-7-4-5-9(6-10(7)11(14)15)20(17,18)13-8(2)12(16)19-3/h4-6,8,13H,1-3H3,(H,14,15)/t8-/m0/s1. The largest absolute Gasteiger partial charge is 0.478 e. The molecular weight excluding hydrogens is 286 g/mol. The van der Waals surface area contributed by atoms with E-state index in [9.17, 15) is 18.0 Å². The molecule has 1 aromatic carbocycles. The Morgan fingerprint density at radius 2 is 1.95 bits per heavy atom. The lowest BCUT2D eigenvalue weighted by molar-refractivity contribution is -0.142. The normalized spacial score (nSPS) is 12.8. The van der Waals surface area contributed by atoms with Crippen LogP contribution in [0.4, 0.5) is 0 Å². The Morgan fingerprint density at radius 3 is 2.45 bits per heavy atom. The number of sulfonamides is 1. The fourth-order valence-corrected chi connectivity index (χ4v) is 2.74. The molecule has 8 heteroatoms. The maximum Gasteiger partial charge on any atom is 0.335 e. The van der Waals surface area contributed by atoms with Crippen molar-refractivity contribution in [3.8, 4) is 0 Å². The molecule has 0 heterocycles. The second-order valence-electron chi connectivity index (χ2n) is 4.15. The Labute approximate surface area is 116 Å². The second kappa shape index (κ2) is 6.02. The van der Waals surface area contributed by atoms with E-state index in [4.69, 9.17) is 5.11 Å². The number of carboxylic acids is 1. The van der Waals surface area contributed by atoms with Gasteiger partial charge in [0.05, 0.1) is 17.6 Å². The van der Waals surface area contributed by atoms with Gasteiger partial charge in [-0.05, 0) is 31.5 Å². The number of methoxy groups -OCH3 is 1. The number of hydrogen-bond donors (Lipinski definition) is 2. The number of carbonyl (C=O) groups is 2. The summed E-state index contributed by atoms with van der Waals surface area (Å²) in [6.45, 7) is 2.89. The highest BCUT2D eigenvalue weighted by atomic mass is 32.2. The van der Waals surface area contributed by atoms with Gasteiger partial charge in [-0.3, -0.25) is 4.79 Å². The molecular formula is C12H15NO6S. The van der Waals surface area contributed by atoms with Gasteiger partial charge in [-0.1, -0.05) is 6.07 Å². The van der Waals surface area contributed by atoms with Crippen LogP contribution in [0.2, 0.25) is 0 Å². The molecule has 0 aromatic heterocycles. The van der Waals surface area contributed by atoms with E-state index in [1.807, 2.05) is 0 Å². The van der Waals surface area contributed by atoms with Crippen LogP contribution in [-0.2, 0) is 19.6 Å². The SMILES string of the molecule is COC(=O)[C@H](C)NS(=O)(=O)c1ccc(C)c(C(=O)O)c1. The molecule has 7 nitrogen and oxygen atoms in total. The lowest BCUT2D eigenvalue weighted by atomic mass is 10.1. The molecule has 0 bridgehead atoms. The molecule has 0 aliphatic rings. The van der Waals surface area contributed by atoms with Crippen LogP contribution >= 0.6 is 0 Å². The quantitative estimate of drug-likeness (QED) is 0.768. The fraction of sp³-hybridized carbons (Fsp3) is 0.333. The van der Waals surface area contributed by atoms with Gasteiger partial charge in [-0.25, -0.2) is 13.2 Å². The van der Waals surface area contributed by atoms with Crippen molar-refractivity contribution in [3.63, 3.8) is 0 Å². The Balaban J connectivity index is 3.13. The van der Waals surface area contributed by atoms with Crippen LogP contribution in [0, 0.1) is 6.92 Å². The van der Waals surface area contributed by atoms with Crippen LogP contribution in [0.25, 0.3) is 0 Å². The highest BCUT2D eigenvalue weighted by molar-refractivity contribution is 7.89. The minimum atomic E-state index is -4.00. The average molecular weight is 301 g/mol. The van der Waals surface area contributed by atoms with Crippen LogP contribution in [0.3, 0.4) is 0 Å². The number of esters is 1. The number of aromatic carboxylic acids is 1. The molecule has 0 fully saturated rings. The molecule has 0 spiro atoms. The van der Waals surface area contributed by atoms with Gasteiger partial charge < -0.3 is 9.84 Å². The number of rotatable bonds is 5. The molecule has 0 amide bonds. The molecule has 0 saturated carbocycles. The maximum absolute atomic E-state index is 12.0. The number of aryl methyl sites for hydroxylation is 1. The Hall–Kier alpha value is -1.93. The van der Waals surface area contributed by atoms with E-state index in [1.54, 1.807) is 6.92 Å². The Kier molecular flexibility index (Phi) is 4.85. The van der Waals surface area contributed by atoms with Gasteiger partial charge in [0.15, 0.2) is 0 Å². The lowest BCUT2D eigenvalue weighted by Gasteiger charge is -2.13. The Morgan fingerprint density at radius 1 is 1.35 bits per heavy atom. The molecule has 20 heavy (non-hydrogen) atoms. The zero-order valence-corrected chi connectivity index (χ0v) is 12.0. The topological polar surface area (TPSA) is 110 Å². The van der Waals surface area contributed by atoms with Crippen molar-refractivity contribution >= 4 is 22.0 Å². The Bertz CT molecular complexity index is 637. The summed E-state index contributed by atoms with van der Waals surface area (Å²) in [4.78, 5) is 22.0. The molecule has 0 radical (unpaired) electrons. The van der Waals surface area contributed by atoms with E-state index in [0.717, 1.165) is 13.2 Å². The fourth-order valence-electron chi connectivity index (χ4n) is 1.52. The molecule has 1 rings (SSSR count). The molecule has 2 N–H and O–H groups in total. The van der Waals surface area contributed by atoms with Crippen LogP contribution in [0.15, 0.2) is 23.1 Å². The van der Waals surface area contributed by atoms with Crippen LogP contribution in [0.5, 0.6) is 0 Å². The highest BCUT2D eigenvalue weighted by Gasteiger charge is 2.23. The number of nitrogens with one attached hydrogen (secondary N) is 1. The van der Waals surface area contributed by atoms with Crippen LogP contribution < -0.4 is 4.72 Å². The van der Waals surface area contributed by atoms with Crippen molar-refractivity contribution in [2.24, 2.45) is 0 Å². The number of ether oxygens (including phenoxy) is 1. The third-order valence-electron chi connectivity index (χ3n) is 2.64. The van der Waals surface area contributed by atoms with Gasteiger partial charge in [0.25, 0.3) is 0 Å². The minimum Gasteiger partial charge on any atom is -0.478 e. The van der Waals surface area contributed by atoms with E-state index in [1.165, 1.54) is 19.1 Å². The van der Waals surface area contributed by atoms with E-state index in [-0.39, 0.29) is 10.5 Å². The van der Waals surface area contributed by atoms with Crippen molar-refractivity contribution in [1.29, 1.82) is 0 Å². The first-order chi connectivity index (χ1) is 9.19. The first-order valence-corrected chi connectivity index (χ1v) is 7.11. The average Bonchev–Trinajstić information content (AvgIpc) is 2.36. The zero-order chi connectivity index (χ0) is 15.5. The lowest BCUT2D eigenvalue weighted by Crippen LogP contribution is -2.39. The monoisotopic (exact) mass is 301 g/mol. The third kappa shape index (κ3) is 3.55. The number of hydrogen-bond acceptors (Lipinski definition) is 5. The highest BCUT2D eigenvalue weighted by Crippen LogP contribution is 2.16. The molecule has 0 aliphatic heterocycles. The summed E-state index contributed by atoms with van der Waals surface area (Å²) in [6, 6.07) is 2.64. The molecule has 0 unspecified atom stereocenters. The number of benzene rings is 1. The van der Waals surface area contributed by atoms with E-state index >= 15 is 0 Å². The van der Waals surface area contributed by atoms with Crippen molar-refractivity contribution in [2.75, 3.05) is 7.11 Å². The zero-order valence-electron chi connectivity index (χ0n) is 11.2. The first kappa shape index (κ1) is 16.1. The predicted molar refractivity (Wildman–Crippen MR) is 69.9 cm³/mol. The molecule has 1 aromatic rings. The second-order valence-corrected chi connectivity index (χ2v) is 5.86. The number of carboxylic acid groups (broad SMARTS) is 1. The van der Waals surface area contributed by atoms with Gasteiger partial charge in [-0.2, -0.15) is 4.72 Å². The smallest absolute Gasteiger partial charge is 0.335 e. The van der Waals surface area contributed by atoms with Gasteiger partial charge in [0, 0.05) is 0 Å². The third-order valence-corrected chi connectivity index (χ3v) is 4.17. The van der Waals surface area contributed by atoms with Crippen molar-refractivity contribution in [2.45, 2.75) is 24.8 Å². The number of carbonyl (C=O) groups excluding carboxylic acids is 1. The first-order valence-electron chi connectivity index (χ1n) is 5.63. The molecule has 0 saturated heterocycles. The summed E-state index contributed by atoms with van der Waals surface area (Å²) in [7, 11) is -2.86. The van der Waals surface area contributed by atoms with Gasteiger partial charge in [0.1, 0.15) is 6.04 Å². The van der Waals surface area contributed by atoms with Gasteiger partial charge >= 0.3 is 11.9 Å². The predicted octanol–water partition coefficient (Wildman–Crippen LogP) is 0.533. The van der Waals surface area contributed by atoms with Crippen molar-refractivity contribution in [1.82, 2.24) is 4.72 Å². The van der Waals surface area contributed by atoms with E-state index in [2.05, 4.69) is 9.46 Å². The van der Waals surface area contributed by atoms with Crippen molar-refractivity contribution < 1.29 is 27.9 Å². The van der Waals surface area contributed by atoms with Crippen LogP contribution in [0.1, 0.15) is 22.8 Å². The van der Waals surface area contributed by atoms with E-state index in [0.29, 0.717) is 5.56 Å². The summed E-state index contributed by atoms with van der Waals surface area (Å²) >= 11 is 0. The summed E-state index contributed by atoms with van der Waals surface area (Å²) < 4.78 is 30.6. The van der Waals surface area contributed by atoms with Gasteiger partial charge in [0.2, 0.25) is 10.0 Å². The summed E-state index contributed by atoms with van der Waals surface area (Å²) in [6.07, 6.45) is 0. The van der Waals surface area contributed by atoms with Crippen LogP contribution in [-0.4, -0.2) is 38.6 Å². The summed E-state index contributed by atoms with van der Waals surface area (Å²) in [5, 5.41) is 8.97. The summed E-state index contributed by atoms with van der Waals surface area (Å²) in [5.41, 5.74) is 0.330. The molecule has 110 valence electrons. The molecule has 1 atom stereocenters. The summed E-state index contributed by atoms with van der Waals surface area (Å²) in [5.74, 6) is -1.96. The van der Waals surface area contributed by atoms with Crippen molar-refractivity contribution in [3.05, 3.63) is 29.3 Å². The maximum atomic E-state index is 12.0. The minimum absolute atomic E-state index is 0.112.